The lowest BCUT2D eigenvalue weighted by atomic mass is 10.2. The maximum absolute atomic E-state index is 11.0. The van der Waals surface area contributed by atoms with E-state index in [4.69, 9.17) is 0 Å². The van der Waals surface area contributed by atoms with E-state index in [1.54, 1.807) is 4.90 Å². The monoisotopic (exact) mass is 226 g/mol. The zero-order chi connectivity index (χ0) is 12.6. The summed E-state index contributed by atoms with van der Waals surface area (Å²) in [5.41, 5.74) is 0.680. The first-order valence-electron chi connectivity index (χ1n) is 5.06. The molecule has 0 rings (SSSR count). The minimum Gasteiger partial charge on any atom is -0.361 e. The van der Waals surface area contributed by atoms with Crippen LogP contribution in [0.2, 0.25) is 0 Å². The Labute approximate surface area is 95.5 Å². The molecule has 5 nitrogen and oxygen atoms in total. The Morgan fingerprint density at radius 2 is 1.75 bits per heavy atom. The second-order valence-electron chi connectivity index (χ2n) is 3.65. The van der Waals surface area contributed by atoms with Crippen molar-refractivity contribution in [2.75, 3.05) is 19.6 Å². The van der Waals surface area contributed by atoms with Crippen LogP contribution in [0.1, 0.15) is 20.3 Å². The number of Topliss-reactive ketones (excluding diaryl/α,β-unsaturated/α-hetero) is 2. The lowest BCUT2D eigenvalue weighted by Crippen LogP contribution is -2.33. The second-order valence-corrected chi connectivity index (χ2v) is 3.65. The number of nitrogens with one attached hydrogen (secondary N) is 1. The fourth-order valence-corrected chi connectivity index (χ4v) is 1.25. The lowest BCUT2D eigenvalue weighted by Gasteiger charge is -2.24. The van der Waals surface area contributed by atoms with E-state index in [1.165, 1.54) is 13.8 Å². The van der Waals surface area contributed by atoms with E-state index in [1.807, 2.05) is 0 Å². The Morgan fingerprint density at radius 3 is 2.12 bits per heavy atom. The van der Waals surface area contributed by atoms with Crippen LogP contribution in [0.5, 0.6) is 0 Å². The second kappa shape index (κ2) is 7.62. The van der Waals surface area contributed by atoms with E-state index in [2.05, 4.69) is 11.9 Å². The number of nitrogens with zero attached hydrogens (tertiary/aromatic N) is 1. The fraction of sp³-hybridized carbons (Fsp3) is 0.545. The van der Waals surface area contributed by atoms with Gasteiger partial charge >= 0.3 is 0 Å². The molecule has 0 unspecified atom stereocenters. The average Bonchev–Trinajstić information content (AvgIpc) is 2.15. The van der Waals surface area contributed by atoms with Gasteiger partial charge in [0, 0.05) is 18.7 Å². The highest BCUT2D eigenvalue weighted by atomic mass is 16.1. The molecule has 0 radical (unpaired) electrons. The topological polar surface area (TPSA) is 66.5 Å². The Balaban J connectivity index is 4.25. The summed E-state index contributed by atoms with van der Waals surface area (Å²) in [4.78, 5) is 33.7. The summed E-state index contributed by atoms with van der Waals surface area (Å²) in [5.74, 6) is -0.0449. The molecule has 5 heteroatoms. The van der Waals surface area contributed by atoms with Gasteiger partial charge in [-0.3, -0.25) is 14.4 Å². The average molecular weight is 226 g/mol. The zero-order valence-corrected chi connectivity index (χ0v) is 9.78. The molecule has 0 saturated carbocycles. The normalized spacial score (nSPS) is 9.38. The van der Waals surface area contributed by atoms with E-state index in [0.717, 1.165) is 0 Å². The third-order valence-corrected chi connectivity index (χ3v) is 1.92. The maximum Gasteiger partial charge on any atom is 0.207 e. The molecule has 0 spiro atoms. The minimum atomic E-state index is -0.0225. The zero-order valence-electron chi connectivity index (χ0n) is 9.78. The van der Waals surface area contributed by atoms with Crippen molar-refractivity contribution in [1.29, 1.82) is 0 Å². The molecule has 0 aliphatic heterocycles. The van der Waals surface area contributed by atoms with Gasteiger partial charge in [-0.2, -0.15) is 0 Å². The van der Waals surface area contributed by atoms with E-state index >= 15 is 0 Å². The molecule has 0 saturated heterocycles. The lowest BCUT2D eigenvalue weighted by molar-refractivity contribution is -0.120. The van der Waals surface area contributed by atoms with E-state index in [0.29, 0.717) is 25.1 Å². The van der Waals surface area contributed by atoms with Gasteiger partial charge in [-0.15, -0.1) is 0 Å². The van der Waals surface area contributed by atoms with Gasteiger partial charge in [-0.25, -0.2) is 0 Å². The first-order chi connectivity index (χ1) is 7.47. The number of hydrogen-bond donors (Lipinski definition) is 1. The predicted molar refractivity (Wildman–Crippen MR) is 60.8 cm³/mol. The van der Waals surface area contributed by atoms with Crippen molar-refractivity contribution in [3.63, 3.8) is 0 Å². The van der Waals surface area contributed by atoms with Gasteiger partial charge in [0.15, 0.2) is 0 Å². The van der Waals surface area contributed by atoms with Crippen molar-refractivity contribution in [3.05, 3.63) is 12.3 Å². The third-order valence-electron chi connectivity index (χ3n) is 1.92. The molecule has 0 aliphatic carbocycles. The van der Waals surface area contributed by atoms with Crippen LogP contribution in [0.3, 0.4) is 0 Å². The number of carbonyl (C=O) groups excluding carboxylic acids is 3. The van der Waals surface area contributed by atoms with Crippen molar-refractivity contribution in [2.45, 2.75) is 20.3 Å². The molecule has 1 N–H and O–H groups in total. The number of ketones is 2. The molecule has 0 atom stereocenters. The molecule has 0 fully saturated rings. The quantitative estimate of drug-likeness (QED) is 0.448. The van der Waals surface area contributed by atoms with E-state index in [9.17, 15) is 14.4 Å². The summed E-state index contributed by atoms with van der Waals surface area (Å²) >= 11 is 0. The van der Waals surface area contributed by atoms with Gasteiger partial charge in [0.25, 0.3) is 0 Å². The van der Waals surface area contributed by atoms with E-state index in [-0.39, 0.29) is 24.7 Å². The van der Waals surface area contributed by atoms with Crippen molar-refractivity contribution in [3.8, 4) is 0 Å². The Bertz CT molecular complexity index is 271. The molecular weight excluding hydrogens is 208 g/mol. The molecule has 1 amide bonds. The molecule has 0 aromatic carbocycles. The first-order valence-corrected chi connectivity index (χ1v) is 5.06. The number of hydrogen-bond acceptors (Lipinski definition) is 4. The van der Waals surface area contributed by atoms with Gasteiger partial charge < -0.3 is 10.2 Å². The van der Waals surface area contributed by atoms with Gasteiger partial charge in [0.1, 0.15) is 11.6 Å². The minimum absolute atomic E-state index is 0.0225. The first kappa shape index (κ1) is 14.3. The molecule has 0 heterocycles. The van der Waals surface area contributed by atoms with Crippen molar-refractivity contribution in [1.82, 2.24) is 10.2 Å². The highest BCUT2D eigenvalue weighted by Crippen LogP contribution is 2.05. The SMILES string of the molecule is C=C(CCNC=O)N(CC(C)=O)CC(C)=O. The van der Waals surface area contributed by atoms with Gasteiger partial charge in [0.2, 0.25) is 6.41 Å². The highest BCUT2D eigenvalue weighted by Gasteiger charge is 2.11. The Kier molecular flexibility index (Phi) is 6.83. The molecule has 0 aliphatic rings. The maximum atomic E-state index is 11.0. The van der Waals surface area contributed by atoms with Crippen molar-refractivity contribution >= 4 is 18.0 Å². The van der Waals surface area contributed by atoms with Gasteiger partial charge in [-0.1, -0.05) is 6.58 Å². The van der Waals surface area contributed by atoms with Crippen LogP contribution in [0.15, 0.2) is 12.3 Å². The Hall–Kier alpha value is -1.65. The number of amides is 1. The van der Waals surface area contributed by atoms with Crippen LogP contribution in [0.4, 0.5) is 0 Å². The summed E-state index contributed by atoms with van der Waals surface area (Å²) in [5, 5.41) is 2.50. The molecule has 0 aromatic rings. The molecule has 90 valence electrons. The van der Waals surface area contributed by atoms with Crippen LogP contribution >= 0.6 is 0 Å². The van der Waals surface area contributed by atoms with Crippen LogP contribution in [0.25, 0.3) is 0 Å². The predicted octanol–water partition coefficient (Wildman–Crippen LogP) is 0.116. The van der Waals surface area contributed by atoms with Crippen LogP contribution in [0, 0.1) is 0 Å². The fourth-order valence-electron chi connectivity index (χ4n) is 1.25. The third kappa shape index (κ3) is 6.75. The summed E-state index contributed by atoms with van der Waals surface area (Å²) in [7, 11) is 0. The molecule has 0 bridgehead atoms. The summed E-state index contributed by atoms with van der Waals surface area (Å²) in [6, 6.07) is 0. The molecule has 0 aromatic heterocycles. The van der Waals surface area contributed by atoms with E-state index < -0.39 is 0 Å². The van der Waals surface area contributed by atoms with Crippen molar-refractivity contribution < 1.29 is 14.4 Å². The molecule has 16 heavy (non-hydrogen) atoms. The standard InChI is InChI=1S/C11H18N2O3/c1-9(4-5-12-8-14)13(6-10(2)15)7-11(3)16/h8H,1,4-7H2,2-3H3,(H,12,14). The summed E-state index contributed by atoms with van der Waals surface area (Å²) in [6.45, 7) is 7.54. The van der Waals surface area contributed by atoms with Crippen LogP contribution < -0.4 is 5.32 Å². The largest absolute Gasteiger partial charge is 0.361 e. The smallest absolute Gasteiger partial charge is 0.207 e. The van der Waals surface area contributed by atoms with Crippen molar-refractivity contribution in [2.24, 2.45) is 0 Å². The van der Waals surface area contributed by atoms with Gasteiger partial charge in [-0.05, 0) is 13.8 Å². The van der Waals surface area contributed by atoms with Crippen LogP contribution in [-0.2, 0) is 14.4 Å². The van der Waals surface area contributed by atoms with Gasteiger partial charge in [0.05, 0.1) is 13.1 Å². The number of carbonyl (C=O) groups is 3. The van der Waals surface area contributed by atoms with Crippen LogP contribution in [-0.4, -0.2) is 42.5 Å². The summed E-state index contributed by atoms with van der Waals surface area (Å²) < 4.78 is 0. The Morgan fingerprint density at radius 1 is 1.25 bits per heavy atom. The number of rotatable bonds is 9. The highest BCUT2D eigenvalue weighted by molar-refractivity contribution is 5.81. The summed E-state index contributed by atoms with van der Waals surface area (Å²) in [6.07, 6.45) is 1.13. The molecular formula is C11H18N2O3.